The second-order valence-electron chi connectivity index (χ2n) is 23.3. The molecule has 6 aliphatic rings. The maximum absolute atomic E-state index is 14.3. The molecule has 0 saturated heterocycles. The largest absolute Gasteiger partial charge is 0.481 e. The number of aliphatic carboxylic acids is 1. The molecule has 4 aromatic heterocycles. The normalized spacial score (nSPS) is 25.1. The molecule has 13 rings (SSSR count). The molecule has 6 bridgehead atoms. The van der Waals surface area contributed by atoms with Crippen LogP contribution in [0.1, 0.15) is 137 Å². The molecule has 1 amide bonds. The van der Waals surface area contributed by atoms with E-state index < -0.39 is 74.2 Å². The number of methoxy groups -OCH3 is 2. The van der Waals surface area contributed by atoms with Gasteiger partial charge in [-0.15, -0.1) is 15.3 Å². The number of halogens is 6. The van der Waals surface area contributed by atoms with Crippen LogP contribution in [-0.4, -0.2) is 79.6 Å². The minimum Gasteiger partial charge on any atom is -0.481 e. The summed E-state index contributed by atoms with van der Waals surface area (Å²) >= 11 is 0. The molecule has 0 spiro atoms. The van der Waals surface area contributed by atoms with Crippen LogP contribution < -0.4 is 5.32 Å². The summed E-state index contributed by atoms with van der Waals surface area (Å²) in [6, 6.07) is 16.2. The number of nitrogens with one attached hydrogen (secondary N) is 1. The third kappa shape index (κ3) is 7.55. The molecule has 416 valence electrons. The molecule has 3 aromatic carbocycles. The van der Waals surface area contributed by atoms with Crippen LogP contribution >= 0.6 is 0 Å². The fourth-order valence-electron chi connectivity index (χ4n) is 15.0. The first kappa shape index (κ1) is 54.5. The maximum atomic E-state index is 14.3. The van der Waals surface area contributed by atoms with Crippen molar-refractivity contribution in [3.05, 3.63) is 160 Å². The second kappa shape index (κ2) is 19.4. The summed E-state index contributed by atoms with van der Waals surface area (Å²) in [5.41, 5.74) is 0.867. The van der Waals surface area contributed by atoms with Crippen molar-refractivity contribution >= 4 is 11.9 Å². The van der Waals surface area contributed by atoms with Crippen LogP contribution in [0.4, 0.5) is 26.3 Å². The third-order valence-electron chi connectivity index (χ3n) is 19.3. The van der Waals surface area contributed by atoms with Gasteiger partial charge in [0.15, 0.2) is 6.29 Å². The van der Waals surface area contributed by atoms with E-state index in [0.29, 0.717) is 30.1 Å². The Morgan fingerprint density at radius 3 is 1.40 bits per heavy atom. The minimum absolute atomic E-state index is 0.00677. The van der Waals surface area contributed by atoms with E-state index in [1.54, 1.807) is 30.7 Å². The average molecular weight is 1100 g/mol. The summed E-state index contributed by atoms with van der Waals surface area (Å²) < 4.78 is 101. The van der Waals surface area contributed by atoms with Crippen molar-refractivity contribution in [3.63, 3.8) is 0 Å². The zero-order chi connectivity index (χ0) is 57.1. The summed E-state index contributed by atoms with van der Waals surface area (Å²) in [4.78, 5) is 29.8. The number of aromatic nitrogens is 7. The fourth-order valence-corrected chi connectivity index (χ4v) is 15.0. The van der Waals surface area contributed by atoms with E-state index in [1.807, 2.05) is 27.7 Å². The lowest BCUT2D eigenvalue weighted by molar-refractivity contribution is -0.147. The monoisotopic (exact) mass is 1100 g/mol. The number of benzene rings is 3. The summed E-state index contributed by atoms with van der Waals surface area (Å²) in [6.45, 7) is 12.5. The zero-order valence-electron chi connectivity index (χ0n) is 45.2. The van der Waals surface area contributed by atoms with Gasteiger partial charge in [0.1, 0.15) is 46.6 Å². The maximum Gasteiger partial charge on any atom is 0.316 e. The number of amides is 1. The Balaban J connectivity index is 0.000000127. The van der Waals surface area contributed by atoms with Gasteiger partial charge in [0.2, 0.25) is 11.8 Å². The average Bonchev–Trinajstić information content (AvgIpc) is 3.67. The zero-order valence-corrected chi connectivity index (χ0v) is 45.2. The van der Waals surface area contributed by atoms with E-state index in [4.69, 9.17) is 13.9 Å². The SMILES string of the molecule is CC1(C)[C@H]2CC[C@]1(C(=O)O)c1nnc(-c3c(F)cccc3F)cc12.CC1(C)[C@H]2CC[C@]1(c1ncco1)c1nnc(-c3c(F)cccc3F)cc12.COC(CNC(=O)[C@@]12CC[C@@H](c3cc(-c4c(F)cccc4F)nnc31)C2(C)C)OC. The molecule has 0 radical (unpaired) electrons. The number of ether oxygens (including phenoxy) is 2. The Kier molecular flexibility index (Phi) is 13.2. The van der Waals surface area contributed by atoms with Crippen LogP contribution in [0.5, 0.6) is 0 Å². The Morgan fingerprint density at radius 2 is 0.975 bits per heavy atom. The molecule has 2 N–H and O–H groups in total. The van der Waals surface area contributed by atoms with Gasteiger partial charge in [-0.25, -0.2) is 31.3 Å². The first-order valence-electron chi connectivity index (χ1n) is 26.5. The lowest BCUT2D eigenvalue weighted by Crippen LogP contribution is -2.51. The van der Waals surface area contributed by atoms with Crippen molar-refractivity contribution in [2.45, 2.75) is 120 Å². The molecule has 80 heavy (non-hydrogen) atoms. The molecule has 3 saturated carbocycles. The van der Waals surface area contributed by atoms with Gasteiger partial charge in [0.05, 0.1) is 74.4 Å². The molecule has 14 nitrogen and oxygen atoms in total. The molecule has 3 fully saturated rings. The number of fused-ring (bicyclic) bond motifs is 15. The predicted molar refractivity (Wildman–Crippen MR) is 279 cm³/mol. The molecule has 4 heterocycles. The third-order valence-corrected chi connectivity index (χ3v) is 19.3. The first-order chi connectivity index (χ1) is 38.0. The number of nitrogens with zero attached hydrogens (tertiary/aromatic N) is 7. The van der Waals surface area contributed by atoms with Gasteiger partial charge >= 0.3 is 5.97 Å². The van der Waals surface area contributed by atoms with Gasteiger partial charge in [-0.3, -0.25) is 9.59 Å². The van der Waals surface area contributed by atoms with Gasteiger partial charge in [0.25, 0.3) is 0 Å². The molecule has 0 unspecified atom stereocenters. The molecule has 20 heteroatoms. The number of oxazole rings is 1. The Bertz CT molecular complexity index is 3570. The second-order valence-corrected chi connectivity index (χ2v) is 23.3. The molecule has 6 atom stereocenters. The van der Waals surface area contributed by atoms with Gasteiger partial charge in [-0.05, 0) is 144 Å². The van der Waals surface area contributed by atoms with Gasteiger partial charge in [-0.2, -0.15) is 15.3 Å². The van der Waals surface area contributed by atoms with E-state index in [0.717, 1.165) is 48.1 Å². The Labute approximate surface area is 457 Å². The number of hydrogen-bond acceptors (Lipinski definition) is 12. The highest BCUT2D eigenvalue weighted by molar-refractivity contribution is 5.92. The fraction of sp³-hybridized carbons (Fsp3) is 0.417. The quantitative estimate of drug-likeness (QED) is 0.0973. The highest BCUT2D eigenvalue weighted by atomic mass is 19.2. The predicted octanol–water partition coefficient (Wildman–Crippen LogP) is 11.6. The summed E-state index contributed by atoms with van der Waals surface area (Å²) in [5, 5.41) is 38.0. The number of carboxylic acid groups (broad SMARTS) is 1. The minimum atomic E-state index is -1.08. The Hall–Kier alpha value is -7.45. The number of carbonyl (C=O) groups excluding carboxylic acids is 1. The molecule has 7 aromatic rings. The van der Waals surface area contributed by atoms with E-state index >= 15 is 0 Å². The summed E-state index contributed by atoms with van der Waals surface area (Å²) in [5.74, 6) is -4.24. The van der Waals surface area contributed by atoms with Crippen molar-refractivity contribution in [1.29, 1.82) is 0 Å². The van der Waals surface area contributed by atoms with Crippen LogP contribution in [0, 0.1) is 51.1 Å². The molecule has 0 aliphatic heterocycles. The highest BCUT2D eigenvalue weighted by Crippen LogP contribution is 2.71. The first-order valence-corrected chi connectivity index (χ1v) is 26.5. The van der Waals surface area contributed by atoms with Crippen molar-refractivity contribution in [1.82, 2.24) is 40.9 Å². The standard InChI is InChI=1S/C22H25F2N3O3.C20H17F2N3O.C18H16F2N2O2/c1-21(2)13-8-9-22(21,20(28)25-11-17(29-3)30-4)19-12(13)10-16(26-27-19)18-14(23)6-5-7-15(18)24;1-19(2)12-6-7-20(19,18-23-8-9-26-18)17-11(12)10-15(24-25-17)16-13(21)4-3-5-14(16)22;1-17(2)10-6-7-18(17,16(23)24)15-9(10)8-13(21-22-15)14-11(19)4-3-5-12(14)20/h5-7,10,13,17H,8-9,11H2,1-4H3,(H,25,28);3-5,8-10,12H,6-7H2,1-2H3;3-5,8,10H,6-7H2,1-2H3,(H,23,24)/t13-,22+;12-,20+;10-,18+/m000/s1. The van der Waals surface area contributed by atoms with Crippen molar-refractivity contribution in [3.8, 4) is 33.8 Å². The number of carboxylic acids is 1. The van der Waals surface area contributed by atoms with Gasteiger partial charge < -0.3 is 24.3 Å². The summed E-state index contributed by atoms with van der Waals surface area (Å²) in [7, 11) is 3.02. The summed E-state index contributed by atoms with van der Waals surface area (Å²) in [6.07, 6.45) is 7.14. The van der Waals surface area contributed by atoms with Crippen LogP contribution in [0.2, 0.25) is 0 Å². The smallest absolute Gasteiger partial charge is 0.316 e. The van der Waals surface area contributed by atoms with E-state index in [9.17, 15) is 41.0 Å². The lowest BCUT2D eigenvalue weighted by atomic mass is 9.67. The van der Waals surface area contributed by atoms with E-state index in [-0.39, 0.29) is 69.4 Å². The number of carbonyl (C=O) groups is 2. The van der Waals surface area contributed by atoms with Crippen molar-refractivity contribution in [2.75, 3.05) is 20.8 Å². The van der Waals surface area contributed by atoms with Gasteiger partial charge in [-0.1, -0.05) is 59.7 Å². The van der Waals surface area contributed by atoms with Crippen LogP contribution in [0.15, 0.2) is 89.7 Å². The topological polar surface area (TPSA) is 188 Å². The molecular formula is C60H58F6N8O6. The number of rotatable bonds is 10. The van der Waals surface area contributed by atoms with Crippen LogP contribution in [-0.2, 0) is 35.3 Å². The Morgan fingerprint density at radius 1 is 0.588 bits per heavy atom. The van der Waals surface area contributed by atoms with Gasteiger partial charge in [0, 0.05) is 14.2 Å². The number of hydrogen-bond donors (Lipinski definition) is 2. The van der Waals surface area contributed by atoms with Crippen molar-refractivity contribution in [2.24, 2.45) is 16.2 Å². The molecule has 6 aliphatic carbocycles. The molecular weight excluding hydrogens is 1040 g/mol. The van der Waals surface area contributed by atoms with E-state index in [2.05, 4.69) is 54.7 Å². The lowest BCUT2D eigenvalue weighted by Gasteiger charge is -2.36. The highest BCUT2D eigenvalue weighted by Gasteiger charge is 2.69. The van der Waals surface area contributed by atoms with Crippen LogP contribution in [0.3, 0.4) is 0 Å². The van der Waals surface area contributed by atoms with Crippen LogP contribution in [0.25, 0.3) is 33.8 Å². The van der Waals surface area contributed by atoms with Crippen molar-refractivity contribution < 1.29 is 54.9 Å². The van der Waals surface area contributed by atoms with E-state index in [1.165, 1.54) is 68.8 Å².